The van der Waals surface area contributed by atoms with Crippen molar-refractivity contribution in [3.8, 4) is 39.1 Å². The van der Waals surface area contributed by atoms with Gasteiger partial charge in [0.25, 0.3) is 0 Å². The van der Waals surface area contributed by atoms with Crippen LogP contribution < -0.4 is 62.2 Å². The van der Waals surface area contributed by atoms with Crippen LogP contribution in [0.1, 0.15) is 52.1 Å². The summed E-state index contributed by atoms with van der Waals surface area (Å²) in [5.74, 6) is -0.526. The molecule has 0 amide bonds. The normalized spacial score (nSPS) is 14.4. The third-order valence-electron chi connectivity index (χ3n) is 23.5. The van der Waals surface area contributed by atoms with Crippen LogP contribution in [0.25, 0.3) is 60.9 Å². The highest BCUT2D eigenvalue weighted by molar-refractivity contribution is 7.21. The number of benzene rings is 17. The summed E-state index contributed by atoms with van der Waals surface area (Å²) in [7, 11) is -9.96. The lowest BCUT2D eigenvalue weighted by Gasteiger charge is -2.46. The molecular formula is C104H75NSi3. The van der Waals surface area contributed by atoms with Crippen LogP contribution in [-0.2, 0) is 0 Å². The van der Waals surface area contributed by atoms with Gasteiger partial charge in [0.2, 0.25) is 0 Å². The largest absolute Gasteiger partial charge is 0.309 e. The zero-order valence-corrected chi connectivity index (χ0v) is 62.4. The van der Waals surface area contributed by atoms with E-state index < -0.39 is 30.3 Å². The summed E-state index contributed by atoms with van der Waals surface area (Å²) >= 11 is 0. The van der Waals surface area contributed by atoms with Gasteiger partial charge >= 0.3 is 0 Å². The van der Waals surface area contributed by atoms with Crippen LogP contribution in [0.5, 0.6) is 0 Å². The van der Waals surface area contributed by atoms with Crippen molar-refractivity contribution in [3.63, 3.8) is 0 Å². The molecule has 0 saturated heterocycles. The second-order valence-electron chi connectivity index (χ2n) is 28.7. The van der Waals surface area contributed by atoms with Gasteiger partial charge in [0, 0.05) is 22.6 Å². The lowest BCUT2D eigenvalue weighted by Crippen LogP contribution is -2.75. The molecule has 3 aliphatic rings. The summed E-state index contributed by atoms with van der Waals surface area (Å²) in [6.07, 6.45) is 0. The molecule has 0 fully saturated rings. The Balaban J connectivity index is 0.838. The monoisotopic (exact) mass is 1430 g/mol. The summed E-state index contributed by atoms with van der Waals surface area (Å²) in [5, 5.41) is 15.9. The fourth-order valence-corrected chi connectivity index (χ4v) is 33.5. The van der Waals surface area contributed by atoms with Gasteiger partial charge in [0.05, 0.1) is 23.6 Å². The molecule has 2 unspecified atom stereocenters. The van der Waals surface area contributed by atoms with Gasteiger partial charge in [0.15, 0.2) is 24.2 Å². The highest BCUT2D eigenvalue weighted by atomic mass is 28.3. The molecule has 2 atom stereocenters. The third-order valence-corrected chi connectivity index (χ3v) is 37.7. The first-order valence-corrected chi connectivity index (χ1v) is 43.5. The SMILES string of the molecule is [2H]c1c([2H])c([2H])c([Si](c2ccccc2)(c2ccccc2)c2cccc3c2C2c4ccccc4C3c3cccc(-n4c5ccccc5c5cc(-c6c(-c7cccc([Si](c8ccccc8)(c8ccccc8)c8ccccc8)c7)cccc6-c6cccc([Si](c7ccccc7)(c7ccccc7)c7ccccc7)c6)ccc54)c32)c([2H])c1[2H]. The Morgan fingerprint density at radius 2 is 0.593 bits per heavy atom. The molecule has 0 N–H and O–H groups in total. The van der Waals surface area contributed by atoms with E-state index in [1.54, 1.807) is 0 Å². The predicted octanol–water partition coefficient (Wildman–Crippen LogP) is 16.9. The molecular weight excluding hydrogens is 1350 g/mol. The molecule has 0 aliphatic heterocycles. The van der Waals surface area contributed by atoms with E-state index in [1.165, 1.54) is 69.3 Å². The van der Waals surface area contributed by atoms with Crippen molar-refractivity contribution in [2.75, 3.05) is 0 Å². The molecule has 3 aliphatic carbocycles. The van der Waals surface area contributed by atoms with Crippen molar-refractivity contribution < 1.29 is 6.85 Å². The molecule has 21 rings (SSSR count). The highest BCUT2D eigenvalue weighted by Crippen LogP contribution is 2.58. The number of nitrogens with zero attached hydrogens (tertiary/aromatic N) is 1. The van der Waals surface area contributed by atoms with Gasteiger partial charge in [-0.2, -0.15) is 0 Å². The van der Waals surface area contributed by atoms with E-state index in [4.69, 9.17) is 1.37 Å². The van der Waals surface area contributed by atoms with E-state index in [0.717, 1.165) is 82.0 Å². The van der Waals surface area contributed by atoms with Crippen LogP contribution in [0.3, 0.4) is 0 Å². The third kappa shape index (κ3) is 10.1. The molecule has 0 saturated carbocycles. The first-order chi connectivity index (χ1) is 55.7. The van der Waals surface area contributed by atoms with Gasteiger partial charge in [0.1, 0.15) is 0 Å². The Kier molecular flexibility index (Phi) is 14.8. The van der Waals surface area contributed by atoms with Gasteiger partial charge in [-0.1, -0.05) is 418 Å². The molecule has 0 spiro atoms. The Labute approximate surface area is 642 Å². The maximum atomic E-state index is 10.1. The fourth-order valence-electron chi connectivity index (χ4n) is 19.2. The van der Waals surface area contributed by atoms with Crippen molar-refractivity contribution in [1.82, 2.24) is 4.57 Å². The summed E-state index contributed by atoms with van der Waals surface area (Å²) in [6.45, 7) is 0. The van der Waals surface area contributed by atoms with E-state index in [9.17, 15) is 5.48 Å². The molecule has 17 aromatic carbocycles. The van der Waals surface area contributed by atoms with Crippen LogP contribution in [0.15, 0.2) is 443 Å². The Bertz CT molecular complexity index is 6240. The number of aromatic nitrogens is 1. The second-order valence-corrected chi connectivity index (χ2v) is 40.0. The molecule has 18 aromatic rings. The lowest BCUT2D eigenvalue weighted by molar-refractivity contribution is 0.752. The van der Waals surface area contributed by atoms with Gasteiger partial charge < -0.3 is 4.57 Å². The zero-order chi connectivity index (χ0) is 75.9. The zero-order valence-electron chi connectivity index (χ0n) is 64.4. The average Bonchev–Trinajstić information content (AvgIpc) is 1.41. The van der Waals surface area contributed by atoms with E-state index >= 15 is 0 Å². The summed E-state index contributed by atoms with van der Waals surface area (Å²) in [5.41, 5.74) is 17.1. The Hall–Kier alpha value is -12.8. The number of para-hydroxylation sites is 1. The van der Waals surface area contributed by atoms with Crippen LogP contribution in [0, 0.1) is 0 Å². The van der Waals surface area contributed by atoms with E-state index in [1.807, 2.05) is 36.4 Å². The van der Waals surface area contributed by atoms with E-state index in [0.29, 0.717) is 5.19 Å². The highest BCUT2D eigenvalue weighted by Gasteiger charge is 2.51. The van der Waals surface area contributed by atoms with E-state index in [-0.39, 0.29) is 36.0 Å². The first-order valence-electron chi connectivity index (χ1n) is 40.0. The number of hydrogen-bond acceptors (Lipinski definition) is 0. The minimum Gasteiger partial charge on any atom is -0.309 e. The number of rotatable bonds is 16. The van der Waals surface area contributed by atoms with Gasteiger partial charge in [-0.05, 0) is 153 Å². The van der Waals surface area contributed by atoms with Crippen molar-refractivity contribution in [2.45, 2.75) is 11.8 Å². The smallest absolute Gasteiger partial charge is 0.179 e. The summed E-state index contributed by atoms with van der Waals surface area (Å²) < 4.78 is 50.5. The maximum absolute atomic E-state index is 10.1. The molecule has 508 valence electrons. The molecule has 1 nitrogen and oxygen atoms in total. The molecule has 0 radical (unpaired) electrons. The first kappa shape index (κ1) is 59.4. The molecule has 108 heavy (non-hydrogen) atoms. The molecule has 1 heterocycles. The van der Waals surface area contributed by atoms with Crippen molar-refractivity contribution in [3.05, 3.63) is 476 Å². The quantitative estimate of drug-likeness (QED) is 0.0671. The van der Waals surface area contributed by atoms with Crippen molar-refractivity contribution in [1.29, 1.82) is 0 Å². The standard InChI is InChI=1S/C104H75NSi3/c1-10-39-77(40-11-1)106(78-41-12-2-13-42-78,79-43-14-3-15-44-79)86-57-32-37-74(71-86)88-62-34-63-89(75-38-33-58-87(72-75)107(80-45-16-4-17-46-80,81-47-18-5-19-48-81)82-49-20-6-21-50-82)100(88)76-69-70-97-95(73-76)90-59-30-31-66-96(90)105(97)98-67-35-64-93-101-91-60-28-29-61-92(91)104(102(93)98)103-94(101)65-36-68-99(103)108(83-51-22-7-23-52-83,84-53-24-8-25-54-84)85-55-26-9-27-56-85/h1-73,101,104H/i7D,22D,23D,51D,52D. The fraction of sp³-hybridized carbons (Fsp3) is 0.0192. The molecule has 2 bridgehead atoms. The molecule has 1 aromatic heterocycles. The van der Waals surface area contributed by atoms with Gasteiger partial charge in [-0.15, -0.1) is 0 Å². The second kappa shape index (κ2) is 27.0. The number of hydrogen-bond donors (Lipinski definition) is 0. The van der Waals surface area contributed by atoms with Crippen LogP contribution in [0.4, 0.5) is 0 Å². The Morgan fingerprint density at radius 3 is 1.06 bits per heavy atom. The van der Waals surface area contributed by atoms with Crippen molar-refractivity contribution >= 4 is 108 Å². The van der Waals surface area contributed by atoms with Crippen molar-refractivity contribution in [2.24, 2.45) is 0 Å². The molecule has 4 heteroatoms. The number of fused-ring (bicyclic) bond motifs is 3. The topological polar surface area (TPSA) is 4.93 Å². The summed E-state index contributed by atoms with van der Waals surface area (Å²) in [4.78, 5) is 0. The Morgan fingerprint density at radius 1 is 0.231 bits per heavy atom. The van der Waals surface area contributed by atoms with Gasteiger partial charge in [-0.25, -0.2) is 0 Å². The summed E-state index contributed by atoms with van der Waals surface area (Å²) in [6, 6.07) is 151. The minimum absolute atomic E-state index is 0.174. The minimum atomic E-state index is -3.92. The maximum Gasteiger partial charge on any atom is 0.179 e. The van der Waals surface area contributed by atoms with Crippen LogP contribution in [-0.4, -0.2) is 28.8 Å². The van der Waals surface area contributed by atoms with Gasteiger partial charge in [-0.3, -0.25) is 0 Å². The predicted molar refractivity (Wildman–Crippen MR) is 463 cm³/mol. The van der Waals surface area contributed by atoms with Crippen LogP contribution in [0.2, 0.25) is 0 Å². The lowest BCUT2D eigenvalue weighted by atomic mass is 9.60. The average molecular weight is 1430 g/mol. The van der Waals surface area contributed by atoms with Crippen LogP contribution >= 0.6 is 0 Å². The van der Waals surface area contributed by atoms with E-state index in [2.05, 4.69) is 381 Å².